The predicted molar refractivity (Wildman–Crippen MR) is 51.0 cm³/mol. The molecule has 5 nitrogen and oxygen atoms in total. The van der Waals surface area contributed by atoms with Crippen LogP contribution in [0.3, 0.4) is 0 Å². The molecule has 1 aromatic heterocycles. The monoisotopic (exact) mass is 213 g/mol. The van der Waals surface area contributed by atoms with Crippen LogP contribution in [0.2, 0.25) is 5.15 Å². The van der Waals surface area contributed by atoms with Crippen LogP contribution in [0.15, 0.2) is 12.4 Å². The Morgan fingerprint density at radius 1 is 1.50 bits per heavy atom. The highest BCUT2D eigenvalue weighted by Gasteiger charge is 2.06. The van der Waals surface area contributed by atoms with Gasteiger partial charge in [-0.2, -0.15) is 0 Å². The number of ketones is 1. The van der Waals surface area contributed by atoms with Crippen LogP contribution in [0.4, 0.5) is 5.82 Å². The number of hydrogen-bond donors (Lipinski definition) is 1. The van der Waals surface area contributed by atoms with E-state index in [0.29, 0.717) is 0 Å². The van der Waals surface area contributed by atoms with Gasteiger partial charge in [0.15, 0.2) is 0 Å². The molecule has 0 atom stereocenters. The van der Waals surface area contributed by atoms with Gasteiger partial charge in [0.05, 0.1) is 6.42 Å². The number of nitrogens with one attached hydrogen (secondary N) is 1. The van der Waals surface area contributed by atoms with Crippen LogP contribution in [-0.2, 0) is 9.59 Å². The lowest BCUT2D eigenvalue weighted by Crippen LogP contribution is -2.15. The molecule has 0 saturated carbocycles. The fourth-order valence-electron chi connectivity index (χ4n) is 0.815. The Kier molecular flexibility index (Phi) is 3.53. The van der Waals surface area contributed by atoms with Gasteiger partial charge in [0.1, 0.15) is 23.1 Å². The molecule has 0 fully saturated rings. The molecule has 0 aliphatic carbocycles. The molecule has 0 aromatic carbocycles. The van der Waals surface area contributed by atoms with Gasteiger partial charge in [-0.05, 0) is 6.92 Å². The average molecular weight is 214 g/mol. The Bertz CT molecular complexity index is 367. The van der Waals surface area contributed by atoms with Gasteiger partial charge in [0.2, 0.25) is 5.91 Å². The van der Waals surface area contributed by atoms with Crippen molar-refractivity contribution in [2.75, 3.05) is 5.32 Å². The van der Waals surface area contributed by atoms with Gasteiger partial charge < -0.3 is 5.32 Å². The molecule has 1 aromatic rings. The Labute approximate surface area is 85.5 Å². The summed E-state index contributed by atoms with van der Waals surface area (Å²) in [5, 5.41) is 2.65. The van der Waals surface area contributed by atoms with Crippen molar-refractivity contribution in [3.8, 4) is 0 Å². The molecule has 1 amide bonds. The fourth-order valence-corrected chi connectivity index (χ4v) is 0.962. The number of hydrogen-bond acceptors (Lipinski definition) is 4. The molecule has 1 rings (SSSR count). The summed E-state index contributed by atoms with van der Waals surface area (Å²) in [6.45, 7) is 1.34. The number of nitrogens with zero attached hydrogens (tertiary/aromatic N) is 2. The van der Waals surface area contributed by atoms with Crippen molar-refractivity contribution < 1.29 is 9.59 Å². The van der Waals surface area contributed by atoms with Gasteiger partial charge in [-0.3, -0.25) is 9.59 Å². The Morgan fingerprint density at radius 3 is 2.79 bits per heavy atom. The van der Waals surface area contributed by atoms with E-state index in [2.05, 4.69) is 15.3 Å². The second-order valence-corrected chi connectivity index (χ2v) is 3.04. The largest absolute Gasteiger partial charge is 0.310 e. The molecule has 0 radical (unpaired) electrons. The second kappa shape index (κ2) is 4.66. The normalized spacial score (nSPS) is 9.57. The zero-order valence-corrected chi connectivity index (χ0v) is 8.21. The van der Waals surface area contributed by atoms with Crippen LogP contribution >= 0.6 is 11.6 Å². The smallest absolute Gasteiger partial charge is 0.232 e. The third-order valence-corrected chi connectivity index (χ3v) is 1.52. The van der Waals surface area contributed by atoms with Crippen molar-refractivity contribution in [2.45, 2.75) is 13.3 Å². The Morgan fingerprint density at radius 2 is 2.21 bits per heavy atom. The lowest BCUT2D eigenvalue weighted by atomic mass is 10.3. The van der Waals surface area contributed by atoms with Gasteiger partial charge in [-0.1, -0.05) is 11.6 Å². The first-order valence-electron chi connectivity index (χ1n) is 3.85. The van der Waals surface area contributed by atoms with E-state index in [1.165, 1.54) is 19.3 Å². The SMILES string of the molecule is CC(=O)CC(=O)Nc1cc(Cl)ncn1. The second-order valence-electron chi connectivity index (χ2n) is 2.65. The van der Waals surface area contributed by atoms with Crippen LogP contribution in [-0.4, -0.2) is 21.7 Å². The van der Waals surface area contributed by atoms with Gasteiger partial charge in [0.25, 0.3) is 0 Å². The van der Waals surface area contributed by atoms with Crippen LogP contribution < -0.4 is 5.32 Å². The van der Waals surface area contributed by atoms with Crippen molar-refractivity contribution in [3.05, 3.63) is 17.5 Å². The van der Waals surface area contributed by atoms with Crippen LogP contribution in [0.25, 0.3) is 0 Å². The topological polar surface area (TPSA) is 72.0 Å². The van der Waals surface area contributed by atoms with E-state index in [0.717, 1.165) is 0 Å². The minimum atomic E-state index is -0.410. The van der Waals surface area contributed by atoms with E-state index >= 15 is 0 Å². The van der Waals surface area contributed by atoms with Crippen LogP contribution in [0, 0.1) is 0 Å². The van der Waals surface area contributed by atoms with E-state index in [-0.39, 0.29) is 23.2 Å². The Balaban J connectivity index is 2.60. The van der Waals surface area contributed by atoms with E-state index < -0.39 is 5.91 Å². The van der Waals surface area contributed by atoms with Crippen molar-refractivity contribution in [3.63, 3.8) is 0 Å². The molecule has 14 heavy (non-hydrogen) atoms. The van der Waals surface area contributed by atoms with Gasteiger partial charge >= 0.3 is 0 Å². The first-order valence-corrected chi connectivity index (χ1v) is 4.22. The average Bonchev–Trinajstić information content (AvgIpc) is 2.01. The van der Waals surface area contributed by atoms with Crippen LogP contribution in [0.5, 0.6) is 0 Å². The van der Waals surface area contributed by atoms with Crippen molar-refractivity contribution in [2.24, 2.45) is 0 Å². The van der Waals surface area contributed by atoms with Crippen molar-refractivity contribution in [1.82, 2.24) is 9.97 Å². The fraction of sp³-hybridized carbons (Fsp3) is 0.250. The van der Waals surface area contributed by atoms with Gasteiger partial charge in [0, 0.05) is 6.07 Å². The number of Topliss-reactive ketones (excluding diaryl/α,β-unsaturated/α-hetero) is 1. The summed E-state index contributed by atoms with van der Waals surface area (Å²) in [5.74, 6) is -0.328. The number of amides is 1. The molecule has 0 bridgehead atoms. The number of rotatable bonds is 3. The summed E-state index contributed by atoms with van der Waals surface area (Å²) in [5.41, 5.74) is 0. The van der Waals surface area contributed by atoms with Crippen LogP contribution in [0.1, 0.15) is 13.3 Å². The molecule has 6 heteroatoms. The molecule has 1 N–H and O–H groups in total. The van der Waals surface area contributed by atoms with E-state index in [1.807, 2.05) is 0 Å². The Hall–Kier alpha value is -1.49. The predicted octanol–water partition coefficient (Wildman–Crippen LogP) is 1.05. The number of anilines is 1. The summed E-state index contributed by atoms with van der Waals surface area (Å²) < 4.78 is 0. The lowest BCUT2D eigenvalue weighted by Gasteiger charge is -2.01. The maximum atomic E-state index is 11.1. The number of halogens is 1. The molecular formula is C8H8ClN3O2. The number of carbonyl (C=O) groups is 2. The highest BCUT2D eigenvalue weighted by molar-refractivity contribution is 6.29. The summed E-state index contributed by atoms with van der Waals surface area (Å²) in [6.07, 6.45) is 1.06. The quantitative estimate of drug-likeness (QED) is 0.602. The highest BCUT2D eigenvalue weighted by Crippen LogP contribution is 2.08. The maximum absolute atomic E-state index is 11.1. The number of carbonyl (C=O) groups excluding carboxylic acids is 2. The molecule has 0 spiro atoms. The van der Waals surface area contributed by atoms with Gasteiger partial charge in [-0.25, -0.2) is 9.97 Å². The van der Waals surface area contributed by atoms with E-state index in [4.69, 9.17) is 11.6 Å². The summed E-state index contributed by atoms with van der Waals surface area (Å²) in [7, 11) is 0. The minimum absolute atomic E-state index is 0.165. The first kappa shape index (κ1) is 10.6. The minimum Gasteiger partial charge on any atom is -0.310 e. The lowest BCUT2D eigenvalue weighted by molar-refractivity contribution is -0.124. The highest BCUT2D eigenvalue weighted by atomic mass is 35.5. The molecule has 1 heterocycles. The zero-order chi connectivity index (χ0) is 10.6. The van der Waals surface area contributed by atoms with E-state index in [9.17, 15) is 9.59 Å². The molecule has 0 saturated heterocycles. The van der Waals surface area contributed by atoms with E-state index in [1.54, 1.807) is 0 Å². The van der Waals surface area contributed by atoms with Crippen molar-refractivity contribution >= 4 is 29.1 Å². The van der Waals surface area contributed by atoms with Gasteiger partial charge in [-0.15, -0.1) is 0 Å². The third kappa shape index (κ3) is 3.49. The summed E-state index contributed by atoms with van der Waals surface area (Å²) >= 11 is 5.56. The zero-order valence-electron chi connectivity index (χ0n) is 7.45. The molecular weight excluding hydrogens is 206 g/mol. The molecule has 0 aliphatic rings. The number of aromatic nitrogens is 2. The summed E-state index contributed by atoms with van der Waals surface area (Å²) in [6, 6.07) is 1.40. The maximum Gasteiger partial charge on any atom is 0.232 e. The van der Waals surface area contributed by atoms with Crippen molar-refractivity contribution in [1.29, 1.82) is 0 Å². The standard InChI is InChI=1S/C8H8ClN3O2/c1-5(13)2-8(14)12-7-3-6(9)10-4-11-7/h3-4H,2H2,1H3,(H,10,11,12,14). The molecule has 0 unspecified atom stereocenters. The first-order chi connectivity index (χ1) is 6.58. The third-order valence-electron chi connectivity index (χ3n) is 1.31. The summed E-state index contributed by atoms with van der Waals surface area (Å²) in [4.78, 5) is 29.1. The molecule has 0 aliphatic heterocycles. The molecule has 74 valence electrons.